The molecule has 0 aliphatic carbocycles. The van der Waals surface area contributed by atoms with Crippen LogP contribution in [0.15, 0.2) is 171 Å². The molecular formula is C50H38FN. The van der Waals surface area contributed by atoms with Gasteiger partial charge >= 0.3 is 0 Å². The highest BCUT2D eigenvalue weighted by molar-refractivity contribution is 6.26. The first-order valence-electron chi connectivity index (χ1n) is 17.9. The molecule has 0 aliphatic heterocycles. The van der Waals surface area contributed by atoms with E-state index < -0.39 is 0 Å². The van der Waals surface area contributed by atoms with Gasteiger partial charge in [0.1, 0.15) is 5.52 Å². The van der Waals surface area contributed by atoms with E-state index in [0.717, 1.165) is 28.5 Å². The van der Waals surface area contributed by atoms with Crippen LogP contribution in [0.1, 0.15) is 37.0 Å². The second-order valence-electron chi connectivity index (χ2n) is 13.1. The molecule has 2 heteroatoms. The smallest absolute Gasteiger partial charge is 0.156 e. The van der Waals surface area contributed by atoms with Crippen molar-refractivity contribution in [2.24, 2.45) is 0 Å². The molecule has 0 aliphatic rings. The monoisotopic (exact) mass is 671 g/mol. The third kappa shape index (κ3) is 6.03. The van der Waals surface area contributed by atoms with Crippen molar-refractivity contribution >= 4 is 71.2 Å². The molecule has 0 N–H and O–H groups in total. The highest BCUT2D eigenvalue weighted by Crippen LogP contribution is 2.39. The van der Waals surface area contributed by atoms with Crippen molar-refractivity contribution in [3.63, 3.8) is 0 Å². The van der Waals surface area contributed by atoms with Crippen molar-refractivity contribution in [3.8, 4) is 11.1 Å². The van der Waals surface area contributed by atoms with Crippen LogP contribution in [0.3, 0.4) is 0 Å². The zero-order valence-electron chi connectivity index (χ0n) is 29.4. The summed E-state index contributed by atoms with van der Waals surface area (Å²) in [6.45, 7) is 8.08. The van der Waals surface area contributed by atoms with E-state index in [2.05, 4.69) is 140 Å². The van der Waals surface area contributed by atoms with E-state index in [-0.39, 0.29) is 5.82 Å². The van der Waals surface area contributed by atoms with Gasteiger partial charge in [0.15, 0.2) is 5.82 Å². The molecule has 0 amide bonds. The Morgan fingerprint density at radius 2 is 1.29 bits per heavy atom. The number of benzene rings is 7. The number of nitrogens with zero attached hydrogens (tertiary/aromatic N) is 1. The molecule has 0 atom stereocenters. The normalized spacial score (nSPS) is 12.8. The van der Waals surface area contributed by atoms with Gasteiger partial charge in [-0.1, -0.05) is 147 Å². The Labute approximate surface area is 304 Å². The van der Waals surface area contributed by atoms with Gasteiger partial charge in [-0.05, 0) is 120 Å². The molecule has 52 heavy (non-hydrogen) atoms. The molecule has 250 valence electrons. The van der Waals surface area contributed by atoms with Gasteiger partial charge in [-0.3, -0.25) is 4.98 Å². The zero-order valence-corrected chi connectivity index (χ0v) is 29.4. The minimum absolute atomic E-state index is 0.302. The van der Waals surface area contributed by atoms with Crippen LogP contribution in [0.25, 0.3) is 82.3 Å². The second kappa shape index (κ2) is 14.1. The molecular weight excluding hydrogens is 634 g/mol. The van der Waals surface area contributed by atoms with Crippen molar-refractivity contribution in [2.45, 2.75) is 20.3 Å². The Morgan fingerprint density at radius 3 is 2.08 bits per heavy atom. The fourth-order valence-corrected chi connectivity index (χ4v) is 7.33. The largest absolute Gasteiger partial charge is 0.253 e. The summed E-state index contributed by atoms with van der Waals surface area (Å²) in [5.41, 5.74) is 7.74. The SMILES string of the molecule is C=C/C=C(\C=C/CC)c1ccc2cc(-c3ccc4c5ccc(C(/C=C\c6ccc7cccnc7c6F)=C\C)cc5c5ccccc5c4c3)ccc2c1. The molecule has 8 rings (SSSR count). The highest BCUT2D eigenvalue weighted by Gasteiger charge is 2.13. The van der Waals surface area contributed by atoms with Crippen molar-refractivity contribution in [1.82, 2.24) is 4.98 Å². The summed E-state index contributed by atoms with van der Waals surface area (Å²) in [5, 5.41) is 10.5. The Kier molecular flexibility index (Phi) is 8.89. The van der Waals surface area contributed by atoms with Crippen LogP contribution in [0.5, 0.6) is 0 Å². The molecule has 1 aromatic heterocycles. The maximum absolute atomic E-state index is 15.3. The number of halogens is 1. The van der Waals surface area contributed by atoms with Crippen LogP contribution in [-0.4, -0.2) is 4.98 Å². The van der Waals surface area contributed by atoms with Crippen LogP contribution in [-0.2, 0) is 0 Å². The maximum Gasteiger partial charge on any atom is 0.156 e. The van der Waals surface area contributed by atoms with E-state index in [0.29, 0.717) is 11.1 Å². The average molecular weight is 672 g/mol. The van der Waals surface area contributed by atoms with Gasteiger partial charge in [-0.2, -0.15) is 0 Å². The van der Waals surface area contributed by atoms with Crippen LogP contribution in [0.2, 0.25) is 0 Å². The molecule has 1 nitrogen and oxygen atoms in total. The van der Waals surface area contributed by atoms with Gasteiger partial charge in [0, 0.05) is 17.1 Å². The van der Waals surface area contributed by atoms with Crippen molar-refractivity contribution in [3.05, 3.63) is 193 Å². The first-order valence-corrected chi connectivity index (χ1v) is 17.9. The predicted octanol–water partition coefficient (Wildman–Crippen LogP) is 14.3. The minimum atomic E-state index is -0.302. The molecule has 0 saturated heterocycles. The van der Waals surface area contributed by atoms with Gasteiger partial charge in [0.2, 0.25) is 0 Å². The predicted molar refractivity (Wildman–Crippen MR) is 224 cm³/mol. The second-order valence-corrected chi connectivity index (χ2v) is 13.1. The minimum Gasteiger partial charge on any atom is -0.253 e. The van der Waals surface area contributed by atoms with Gasteiger partial charge < -0.3 is 0 Å². The third-order valence-electron chi connectivity index (χ3n) is 10.0. The summed E-state index contributed by atoms with van der Waals surface area (Å²) in [4.78, 5) is 4.26. The molecule has 1 heterocycles. The van der Waals surface area contributed by atoms with E-state index in [1.165, 1.54) is 59.8 Å². The Hall–Kier alpha value is -6.38. The number of allylic oxidation sites excluding steroid dienone is 8. The number of aromatic nitrogens is 1. The molecule has 0 unspecified atom stereocenters. The van der Waals surface area contributed by atoms with E-state index >= 15 is 4.39 Å². The number of fused-ring (bicyclic) bond motifs is 8. The lowest BCUT2D eigenvalue weighted by Gasteiger charge is -2.14. The van der Waals surface area contributed by atoms with Crippen LogP contribution >= 0.6 is 0 Å². The van der Waals surface area contributed by atoms with Crippen molar-refractivity contribution in [2.75, 3.05) is 0 Å². The summed E-state index contributed by atoms with van der Waals surface area (Å²) in [7, 11) is 0. The number of hydrogen-bond acceptors (Lipinski definition) is 1. The molecule has 0 spiro atoms. The maximum atomic E-state index is 15.3. The van der Waals surface area contributed by atoms with Crippen LogP contribution in [0, 0.1) is 5.82 Å². The Morgan fingerprint density at radius 1 is 0.635 bits per heavy atom. The van der Waals surface area contributed by atoms with E-state index in [9.17, 15) is 0 Å². The van der Waals surface area contributed by atoms with Crippen molar-refractivity contribution in [1.29, 1.82) is 0 Å². The molecule has 0 radical (unpaired) electrons. The fraction of sp³-hybridized carbons (Fsp3) is 0.0600. The summed E-state index contributed by atoms with van der Waals surface area (Å²) in [6.07, 6.45) is 16.8. The van der Waals surface area contributed by atoms with Crippen LogP contribution in [0.4, 0.5) is 4.39 Å². The van der Waals surface area contributed by atoms with E-state index in [1.54, 1.807) is 6.20 Å². The molecule has 8 aromatic rings. The molecule has 0 fully saturated rings. The lowest BCUT2D eigenvalue weighted by molar-refractivity contribution is 0.634. The Balaban J connectivity index is 1.18. The zero-order chi connectivity index (χ0) is 35.6. The summed E-state index contributed by atoms with van der Waals surface area (Å²) in [5.74, 6) is -0.302. The summed E-state index contributed by atoms with van der Waals surface area (Å²) in [6, 6.07) is 43.1. The average Bonchev–Trinajstić information content (AvgIpc) is 3.20. The summed E-state index contributed by atoms with van der Waals surface area (Å²) < 4.78 is 15.3. The first kappa shape index (κ1) is 32.8. The van der Waals surface area contributed by atoms with Gasteiger partial charge in [-0.25, -0.2) is 4.39 Å². The first-order chi connectivity index (χ1) is 25.6. The van der Waals surface area contributed by atoms with Crippen LogP contribution < -0.4 is 0 Å². The van der Waals surface area contributed by atoms with Gasteiger partial charge in [0.05, 0.1) is 0 Å². The number of rotatable bonds is 8. The highest BCUT2D eigenvalue weighted by atomic mass is 19.1. The van der Waals surface area contributed by atoms with Gasteiger partial charge in [0.25, 0.3) is 0 Å². The lowest BCUT2D eigenvalue weighted by Crippen LogP contribution is -1.89. The molecule has 0 bridgehead atoms. The molecule has 7 aromatic carbocycles. The third-order valence-corrected chi connectivity index (χ3v) is 10.0. The van der Waals surface area contributed by atoms with E-state index in [1.807, 2.05) is 49.4 Å². The molecule has 0 saturated carbocycles. The van der Waals surface area contributed by atoms with Gasteiger partial charge in [-0.15, -0.1) is 0 Å². The Bertz CT molecular complexity index is 2790. The number of hydrogen-bond donors (Lipinski definition) is 0. The standard InChI is InChI=1S/C50H38FN/c1-4-7-12-34(11-5-2)37-20-21-39-30-40(23-22-38(39)29-37)42-25-27-46-45-26-24-41(31-47(45)43-14-8-9-15-44(43)48(46)32-42)33(6-3)16-17-35-18-19-36-13-10-28-52-50(36)49(35)51/h5-32H,2,4H2,1,3H3/b12-7-,17-16-,33-6-,34-11+. The summed E-state index contributed by atoms with van der Waals surface area (Å²) >= 11 is 0. The topological polar surface area (TPSA) is 12.9 Å². The fourth-order valence-electron chi connectivity index (χ4n) is 7.33. The lowest BCUT2D eigenvalue weighted by atomic mass is 9.90. The number of pyridine rings is 1. The quantitative estimate of drug-likeness (QED) is 0.116. The van der Waals surface area contributed by atoms with E-state index in [4.69, 9.17) is 0 Å². The van der Waals surface area contributed by atoms with Crippen molar-refractivity contribution < 1.29 is 4.39 Å².